The predicted octanol–water partition coefficient (Wildman–Crippen LogP) is 3.11. The van der Waals surface area contributed by atoms with E-state index >= 15 is 0 Å². The van der Waals surface area contributed by atoms with Crippen molar-refractivity contribution in [3.63, 3.8) is 0 Å². The Hall–Kier alpha value is -2.93. The number of nitrogens with zero attached hydrogens (tertiary/aromatic N) is 3. The van der Waals surface area contributed by atoms with Crippen LogP contribution in [0.5, 0.6) is 5.75 Å². The minimum Gasteiger partial charge on any atom is -0.497 e. The smallest absolute Gasteiger partial charge is 0.252 e. The lowest BCUT2D eigenvalue weighted by Gasteiger charge is -2.12. The molecule has 158 valence electrons. The largest absolute Gasteiger partial charge is 0.497 e. The standard InChI is InChI=1S/C23H29N5O2/c1-14(2)12-25-23(29)18-11-19(15-5-7-17(30-4)8-6-15)26-22-20(18)21(27-28(22)3)16-9-10-24-13-16/h5-8,11,14,16,24H,9-10,12-13H2,1-4H3,(H,25,29). The van der Waals surface area contributed by atoms with Crippen molar-refractivity contribution in [2.75, 3.05) is 26.7 Å². The van der Waals surface area contributed by atoms with Crippen LogP contribution in [0.15, 0.2) is 30.3 Å². The first kappa shape index (κ1) is 20.3. The summed E-state index contributed by atoms with van der Waals surface area (Å²) >= 11 is 0. The number of hydrogen-bond donors (Lipinski definition) is 2. The Morgan fingerprint density at radius 1 is 1.33 bits per heavy atom. The molecule has 1 aliphatic heterocycles. The third-order valence-electron chi connectivity index (χ3n) is 5.57. The first-order chi connectivity index (χ1) is 14.5. The second-order valence-electron chi connectivity index (χ2n) is 8.28. The van der Waals surface area contributed by atoms with Crippen LogP contribution in [-0.2, 0) is 7.05 Å². The van der Waals surface area contributed by atoms with Gasteiger partial charge in [0.05, 0.1) is 29.4 Å². The molecule has 1 aromatic carbocycles. The van der Waals surface area contributed by atoms with Crippen molar-refractivity contribution in [1.29, 1.82) is 0 Å². The SMILES string of the molecule is COc1ccc(-c2cc(C(=O)NCC(C)C)c3c(C4CCNC4)nn(C)c3n2)cc1. The summed E-state index contributed by atoms with van der Waals surface area (Å²) in [6.45, 7) is 6.64. The molecule has 1 amide bonds. The summed E-state index contributed by atoms with van der Waals surface area (Å²) in [4.78, 5) is 18.1. The van der Waals surface area contributed by atoms with E-state index in [1.807, 2.05) is 37.4 Å². The number of aromatic nitrogens is 3. The highest BCUT2D eigenvalue weighted by atomic mass is 16.5. The lowest BCUT2D eigenvalue weighted by Crippen LogP contribution is -2.27. The van der Waals surface area contributed by atoms with E-state index in [1.165, 1.54) is 0 Å². The number of hydrogen-bond acceptors (Lipinski definition) is 5. The number of rotatable bonds is 6. The molecule has 7 heteroatoms. The number of methoxy groups -OCH3 is 1. The summed E-state index contributed by atoms with van der Waals surface area (Å²) in [5.41, 5.74) is 4.02. The quantitative estimate of drug-likeness (QED) is 0.656. The van der Waals surface area contributed by atoms with E-state index < -0.39 is 0 Å². The molecule has 1 fully saturated rings. The van der Waals surface area contributed by atoms with Crippen molar-refractivity contribution in [2.45, 2.75) is 26.2 Å². The van der Waals surface area contributed by atoms with E-state index in [1.54, 1.807) is 11.8 Å². The number of ether oxygens (including phenoxy) is 1. The summed E-state index contributed by atoms with van der Waals surface area (Å²) in [6, 6.07) is 9.62. The van der Waals surface area contributed by atoms with Gasteiger partial charge in [-0.2, -0.15) is 5.10 Å². The number of benzene rings is 1. The molecule has 4 rings (SSSR count). The molecule has 1 saturated heterocycles. The molecule has 0 aliphatic carbocycles. The zero-order valence-electron chi connectivity index (χ0n) is 18.0. The summed E-state index contributed by atoms with van der Waals surface area (Å²) < 4.78 is 7.07. The second kappa shape index (κ2) is 8.44. The van der Waals surface area contributed by atoms with Gasteiger partial charge in [-0.15, -0.1) is 0 Å². The zero-order chi connectivity index (χ0) is 21.3. The lowest BCUT2D eigenvalue weighted by molar-refractivity contribution is 0.0950. The molecule has 0 saturated carbocycles. The van der Waals surface area contributed by atoms with Gasteiger partial charge >= 0.3 is 0 Å². The van der Waals surface area contributed by atoms with E-state index in [0.717, 1.165) is 53.2 Å². The first-order valence-corrected chi connectivity index (χ1v) is 10.5. The number of amides is 1. The van der Waals surface area contributed by atoms with Gasteiger partial charge in [-0.3, -0.25) is 9.48 Å². The van der Waals surface area contributed by atoms with E-state index in [0.29, 0.717) is 23.9 Å². The molecular formula is C23H29N5O2. The van der Waals surface area contributed by atoms with Crippen molar-refractivity contribution in [3.05, 3.63) is 41.6 Å². The van der Waals surface area contributed by atoms with Crippen LogP contribution in [0.2, 0.25) is 0 Å². The number of fused-ring (bicyclic) bond motifs is 1. The lowest BCUT2D eigenvalue weighted by atomic mass is 9.97. The molecule has 1 unspecified atom stereocenters. The van der Waals surface area contributed by atoms with Crippen LogP contribution in [0.1, 0.15) is 42.2 Å². The third-order valence-corrected chi connectivity index (χ3v) is 5.57. The Labute approximate surface area is 176 Å². The van der Waals surface area contributed by atoms with Crippen LogP contribution >= 0.6 is 0 Å². The molecule has 3 aromatic rings. The van der Waals surface area contributed by atoms with Crippen molar-refractivity contribution in [3.8, 4) is 17.0 Å². The maximum absolute atomic E-state index is 13.2. The van der Waals surface area contributed by atoms with Crippen LogP contribution < -0.4 is 15.4 Å². The van der Waals surface area contributed by atoms with Gasteiger partial charge in [0.1, 0.15) is 5.75 Å². The minimum atomic E-state index is -0.0777. The molecule has 1 atom stereocenters. The van der Waals surface area contributed by atoms with Gasteiger partial charge in [0.15, 0.2) is 5.65 Å². The molecule has 2 aromatic heterocycles. The fourth-order valence-corrected chi connectivity index (χ4v) is 3.93. The topological polar surface area (TPSA) is 81.1 Å². The van der Waals surface area contributed by atoms with Crippen LogP contribution in [0.3, 0.4) is 0 Å². The number of aryl methyl sites for hydroxylation is 1. The number of pyridine rings is 1. The molecule has 0 bridgehead atoms. The molecular weight excluding hydrogens is 378 g/mol. The van der Waals surface area contributed by atoms with Crippen LogP contribution in [-0.4, -0.2) is 47.4 Å². The average Bonchev–Trinajstić information content (AvgIpc) is 3.40. The molecule has 1 aliphatic rings. The maximum atomic E-state index is 13.2. The molecule has 7 nitrogen and oxygen atoms in total. The van der Waals surface area contributed by atoms with Crippen LogP contribution in [0.25, 0.3) is 22.3 Å². The normalized spacial score (nSPS) is 16.4. The molecule has 2 N–H and O–H groups in total. The Morgan fingerprint density at radius 3 is 2.73 bits per heavy atom. The summed E-state index contributed by atoms with van der Waals surface area (Å²) in [6.07, 6.45) is 1.01. The zero-order valence-corrected chi connectivity index (χ0v) is 18.0. The summed E-state index contributed by atoms with van der Waals surface area (Å²) in [7, 11) is 3.54. The Balaban J connectivity index is 1.86. The van der Waals surface area contributed by atoms with Gasteiger partial charge in [0, 0.05) is 31.6 Å². The van der Waals surface area contributed by atoms with Gasteiger partial charge in [-0.25, -0.2) is 4.98 Å². The van der Waals surface area contributed by atoms with E-state index in [-0.39, 0.29) is 5.91 Å². The molecule has 0 spiro atoms. The molecule has 3 heterocycles. The van der Waals surface area contributed by atoms with Gasteiger partial charge in [0.25, 0.3) is 5.91 Å². The van der Waals surface area contributed by atoms with E-state index in [9.17, 15) is 4.79 Å². The van der Waals surface area contributed by atoms with E-state index in [4.69, 9.17) is 14.8 Å². The number of carbonyl (C=O) groups excluding carboxylic acids is 1. The molecule has 0 radical (unpaired) electrons. The predicted molar refractivity (Wildman–Crippen MR) is 118 cm³/mol. The van der Waals surface area contributed by atoms with Crippen molar-refractivity contribution in [1.82, 2.24) is 25.4 Å². The van der Waals surface area contributed by atoms with Crippen molar-refractivity contribution < 1.29 is 9.53 Å². The maximum Gasteiger partial charge on any atom is 0.252 e. The second-order valence-corrected chi connectivity index (χ2v) is 8.28. The van der Waals surface area contributed by atoms with Crippen LogP contribution in [0, 0.1) is 5.92 Å². The van der Waals surface area contributed by atoms with Crippen molar-refractivity contribution in [2.24, 2.45) is 13.0 Å². The van der Waals surface area contributed by atoms with Crippen LogP contribution in [0.4, 0.5) is 0 Å². The summed E-state index contributed by atoms with van der Waals surface area (Å²) in [5.74, 6) is 1.37. The third kappa shape index (κ3) is 3.89. The monoisotopic (exact) mass is 407 g/mol. The van der Waals surface area contributed by atoms with Gasteiger partial charge in [-0.1, -0.05) is 13.8 Å². The average molecular weight is 408 g/mol. The van der Waals surface area contributed by atoms with Gasteiger partial charge < -0.3 is 15.4 Å². The first-order valence-electron chi connectivity index (χ1n) is 10.5. The van der Waals surface area contributed by atoms with Gasteiger partial charge in [0.2, 0.25) is 0 Å². The van der Waals surface area contributed by atoms with Gasteiger partial charge in [-0.05, 0) is 49.2 Å². The van der Waals surface area contributed by atoms with Crippen molar-refractivity contribution >= 4 is 16.9 Å². The highest BCUT2D eigenvalue weighted by Gasteiger charge is 2.27. The highest BCUT2D eigenvalue weighted by Crippen LogP contribution is 2.33. The highest BCUT2D eigenvalue weighted by molar-refractivity contribution is 6.07. The fraction of sp³-hybridized carbons (Fsp3) is 0.435. The minimum absolute atomic E-state index is 0.0777. The van der Waals surface area contributed by atoms with E-state index in [2.05, 4.69) is 24.5 Å². The Kier molecular flexibility index (Phi) is 5.72. The number of carbonyl (C=O) groups is 1. The molecule has 30 heavy (non-hydrogen) atoms. The fourth-order valence-electron chi connectivity index (χ4n) is 3.93. The number of nitrogens with one attached hydrogen (secondary N) is 2. The summed E-state index contributed by atoms with van der Waals surface area (Å²) in [5, 5.41) is 12.1. The Morgan fingerprint density at radius 2 is 2.10 bits per heavy atom. The Bertz CT molecular complexity index is 1050.